The Morgan fingerprint density at radius 3 is 2.33 bits per heavy atom. The molecule has 2 N–H and O–H groups in total. The molecule has 0 saturated carbocycles. The third-order valence-corrected chi connectivity index (χ3v) is 8.98. The van der Waals surface area contributed by atoms with Crippen molar-refractivity contribution in [2.24, 2.45) is 5.92 Å². The van der Waals surface area contributed by atoms with Crippen molar-refractivity contribution < 1.29 is 37.1 Å². The molecule has 248 valence electrons. The van der Waals surface area contributed by atoms with E-state index in [4.69, 9.17) is 23.2 Å². The Bertz CT molecular complexity index is 1950. The van der Waals surface area contributed by atoms with Gasteiger partial charge in [-0.25, -0.2) is 0 Å². The smallest absolute Gasteiger partial charge is 0.369 e. The van der Waals surface area contributed by atoms with Gasteiger partial charge >= 0.3 is 6.18 Å². The van der Waals surface area contributed by atoms with Crippen LogP contribution in [0, 0.1) is 17.8 Å². The maximum absolute atomic E-state index is 13.2. The Morgan fingerprint density at radius 2 is 1.69 bits per heavy atom. The lowest BCUT2D eigenvalue weighted by molar-refractivity contribution is -0.138. The molecule has 0 spiro atoms. The highest BCUT2D eigenvalue weighted by Gasteiger charge is 2.45. The Morgan fingerprint density at radius 1 is 1.02 bits per heavy atom. The molecule has 0 aliphatic carbocycles. The predicted molar refractivity (Wildman–Crippen MR) is 167 cm³/mol. The number of rotatable bonds is 5. The fraction of sp³-hybridized carbons (Fsp3) is 0.312. The first kappa shape index (κ1) is 33.0. The van der Waals surface area contributed by atoms with E-state index in [-0.39, 0.29) is 35.6 Å². The van der Waals surface area contributed by atoms with Gasteiger partial charge in [-0.05, 0) is 50.6 Å². The molecule has 2 aromatic carbocycles. The quantitative estimate of drug-likeness (QED) is 0.296. The van der Waals surface area contributed by atoms with Crippen LogP contribution in [-0.2, 0) is 26.1 Å². The number of amides is 5. The first-order valence-electron chi connectivity index (χ1n) is 14.6. The van der Waals surface area contributed by atoms with E-state index in [0.717, 1.165) is 17.0 Å². The van der Waals surface area contributed by atoms with Crippen molar-refractivity contribution in [3.8, 4) is 11.8 Å². The predicted octanol–water partition coefficient (Wildman–Crippen LogP) is 4.47. The van der Waals surface area contributed by atoms with Crippen LogP contribution >= 0.6 is 23.2 Å². The number of aromatic nitrogens is 2. The molecule has 3 aliphatic rings. The molecule has 16 heteroatoms. The topological polar surface area (TPSA) is 134 Å². The van der Waals surface area contributed by atoms with Gasteiger partial charge in [-0.3, -0.25) is 38.9 Å². The normalized spacial score (nSPS) is 18.3. The number of carbonyl (C=O) groups excluding carboxylic acids is 5. The number of benzene rings is 2. The van der Waals surface area contributed by atoms with E-state index in [1.807, 2.05) is 4.90 Å². The number of nitrogens with one attached hydrogen (secondary N) is 2. The van der Waals surface area contributed by atoms with E-state index in [9.17, 15) is 37.1 Å². The second-order valence-electron chi connectivity index (χ2n) is 12.0. The summed E-state index contributed by atoms with van der Waals surface area (Å²) in [6, 6.07) is 5.82. The Balaban J connectivity index is 1.07. The van der Waals surface area contributed by atoms with Gasteiger partial charge in [0.15, 0.2) is 0 Å². The van der Waals surface area contributed by atoms with E-state index in [1.54, 1.807) is 38.2 Å². The molecule has 3 aromatic rings. The summed E-state index contributed by atoms with van der Waals surface area (Å²) in [5.74, 6) is 3.33. The van der Waals surface area contributed by atoms with Crippen LogP contribution in [0.25, 0.3) is 0 Å². The zero-order chi connectivity index (χ0) is 34.7. The summed E-state index contributed by atoms with van der Waals surface area (Å²) in [7, 11) is 0. The van der Waals surface area contributed by atoms with E-state index in [0.29, 0.717) is 24.3 Å². The second-order valence-corrected chi connectivity index (χ2v) is 12.9. The molecule has 0 bridgehead atoms. The molecular formula is C32H25Cl2F3N6O5. The van der Waals surface area contributed by atoms with Crippen molar-refractivity contribution in [1.82, 2.24) is 20.0 Å². The molecule has 2 fully saturated rings. The maximum Gasteiger partial charge on any atom is 0.419 e. The highest BCUT2D eigenvalue weighted by molar-refractivity contribution is 6.36. The van der Waals surface area contributed by atoms with Gasteiger partial charge in [0.05, 0.1) is 44.4 Å². The van der Waals surface area contributed by atoms with Gasteiger partial charge in [0, 0.05) is 37.1 Å². The molecule has 1 unspecified atom stereocenters. The van der Waals surface area contributed by atoms with Crippen LogP contribution in [0.3, 0.4) is 0 Å². The fourth-order valence-electron chi connectivity index (χ4n) is 5.62. The average Bonchev–Trinajstić information content (AvgIpc) is 3.54. The van der Waals surface area contributed by atoms with E-state index in [1.165, 1.54) is 10.9 Å². The molecule has 3 aliphatic heterocycles. The van der Waals surface area contributed by atoms with Gasteiger partial charge in [-0.2, -0.15) is 18.3 Å². The van der Waals surface area contributed by atoms with Gasteiger partial charge in [0.25, 0.3) is 17.7 Å². The largest absolute Gasteiger partial charge is 0.419 e. The monoisotopic (exact) mass is 700 g/mol. The lowest BCUT2D eigenvalue weighted by Gasteiger charge is -2.38. The number of fused-ring (bicyclic) bond motifs is 1. The number of halogens is 5. The van der Waals surface area contributed by atoms with Crippen LogP contribution < -0.4 is 15.5 Å². The second kappa shape index (κ2) is 12.0. The van der Waals surface area contributed by atoms with Gasteiger partial charge in [-0.1, -0.05) is 35.0 Å². The SMILES string of the molecule is CC(C)(C(=O)Nc1cc(Cl)c(C(F)(F)F)c(Cl)c1)n1cc(C#CC2CN(c3ccc4c(c3)C(=O)N(C3CCC(=O)NC3=O)C4=O)C2)cn1. The number of carbonyl (C=O) groups is 5. The molecule has 0 radical (unpaired) electrons. The Labute approximate surface area is 281 Å². The van der Waals surface area contributed by atoms with E-state index >= 15 is 0 Å². The number of alkyl halides is 3. The minimum atomic E-state index is -4.76. The zero-order valence-corrected chi connectivity index (χ0v) is 26.8. The summed E-state index contributed by atoms with van der Waals surface area (Å²) in [5.41, 5.74) is -0.825. The molecule has 4 heterocycles. The first-order chi connectivity index (χ1) is 22.5. The van der Waals surface area contributed by atoms with Crippen molar-refractivity contribution in [3.05, 3.63) is 75.0 Å². The zero-order valence-electron chi connectivity index (χ0n) is 25.2. The molecule has 1 aromatic heterocycles. The van der Waals surface area contributed by atoms with Gasteiger partial charge in [0.2, 0.25) is 11.8 Å². The third-order valence-electron chi connectivity index (χ3n) is 8.39. The molecule has 2 saturated heterocycles. The summed E-state index contributed by atoms with van der Waals surface area (Å²) in [6.45, 7) is 4.24. The van der Waals surface area contributed by atoms with Crippen molar-refractivity contribution in [1.29, 1.82) is 0 Å². The van der Waals surface area contributed by atoms with Crippen molar-refractivity contribution in [3.63, 3.8) is 0 Å². The summed E-state index contributed by atoms with van der Waals surface area (Å²) in [6.07, 6.45) is -1.58. The molecule has 5 amide bonds. The summed E-state index contributed by atoms with van der Waals surface area (Å²) in [4.78, 5) is 65.9. The fourth-order valence-corrected chi connectivity index (χ4v) is 6.32. The minimum absolute atomic E-state index is 0.0104. The maximum atomic E-state index is 13.2. The molecular weight excluding hydrogens is 676 g/mol. The highest BCUT2D eigenvalue weighted by Crippen LogP contribution is 2.41. The van der Waals surface area contributed by atoms with Crippen molar-refractivity contribution in [2.45, 2.75) is 44.4 Å². The Hall–Kier alpha value is -4.87. The van der Waals surface area contributed by atoms with Crippen LogP contribution in [0.1, 0.15) is 58.5 Å². The highest BCUT2D eigenvalue weighted by atomic mass is 35.5. The molecule has 11 nitrogen and oxygen atoms in total. The van der Waals surface area contributed by atoms with Crippen LogP contribution in [0.2, 0.25) is 10.0 Å². The molecule has 6 rings (SSSR count). The number of anilines is 2. The summed E-state index contributed by atoms with van der Waals surface area (Å²) in [5, 5.41) is 7.66. The first-order valence-corrected chi connectivity index (χ1v) is 15.3. The minimum Gasteiger partial charge on any atom is -0.369 e. The number of hydrogen-bond donors (Lipinski definition) is 2. The van der Waals surface area contributed by atoms with Crippen molar-refractivity contribution in [2.75, 3.05) is 23.3 Å². The van der Waals surface area contributed by atoms with Crippen LogP contribution in [0.4, 0.5) is 24.5 Å². The van der Waals surface area contributed by atoms with Gasteiger partial charge in [0.1, 0.15) is 11.6 Å². The molecule has 48 heavy (non-hydrogen) atoms. The number of hydrogen-bond acceptors (Lipinski definition) is 7. The number of nitrogens with zero attached hydrogens (tertiary/aromatic N) is 4. The third kappa shape index (κ3) is 5.99. The Kier molecular flexibility index (Phi) is 8.25. The van der Waals surface area contributed by atoms with Crippen LogP contribution in [0.5, 0.6) is 0 Å². The van der Waals surface area contributed by atoms with Crippen molar-refractivity contribution >= 4 is 64.1 Å². The van der Waals surface area contributed by atoms with Gasteiger partial charge < -0.3 is 10.2 Å². The lowest BCUT2D eigenvalue weighted by Crippen LogP contribution is -2.54. The number of piperidine rings is 1. The summed E-state index contributed by atoms with van der Waals surface area (Å²) >= 11 is 11.6. The van der Waals surface area contributed by atoms with E-state index in [2.05, 4.69) is 27.6 Å². The van der Waals surface area contributed by atoms with Crippen LogP contribution in [-0.4, -0.2) is 63.3 Å². The van der Waals surface area contributed by atoms with Crippen LogP contribution in [0.15, 0.2) is 42.7 Å². The van der Waals surface area contributed by atoms with E-state index < -0.39 is 62.9 Å². The van der Waals surface area contributed by atoms with Gasteiger partial charge in [-0.15, -0.1) is 0 Å². The number of imide groups is 2. The standard InChI is InChI=1S/C32H25Cl2F3N6O5/c1-31(2,30(48)39-18-9-22(33)26(23(34)10-18)32(35,36)37)42-15-16(12-38-42)3-4-17-13-41(14-17)19-5-6-20-21(11-19)29(47)43(28(20)46)24-7-8-25(44)40-27(24)45/h5-6,9-12,15,17,24H,7-8,13-14H2,1-2H3,(H,39,48)(H,40,44,45). The average molecular weight is 701 g/mol. The molecule has 1 atom stereocenters. The summed E-state index contributed by atoms with van der Waals surface area (Å²) < 4.78 is 40.9. The lowest BCUT2D eigenvalue weighted by atomic mass is 9.98.